The topological polar surface area (TPSA) is 35.6 Å². The van der Waals surface area contributed by atoms with Gasteiger partial charge in [-0.05, 0) is 50.6 Å². The second-order valence-electron chi connectivity index (χ2n) is 5.95. The second kappa shape index (κ2) is 6.95. The van der Waals surface area contributed by atoms with Crippen molar-refractivity contribution in [1.29, 1.82) is 0 Å². The van der Waals surface area contributed by atoms with Crippen molar-refractivity contribution >= 4 is 17.3 Å². The highest BCUT2D eigenvalue weighted by Crippen LogP contribution is 2.33. The number of hydrogen-bond donors (Lipinski definition) is 1. The maximum atomic E-state index is 12.8. The first-order valence-electron chi connectivity index (χ1n) is 8.71. The van der Waals surface area contributed by atoms with E-state index in [-0.39, 0.29) is 12.1 Å². The number of benzene rings is 2. The van der Waals surface area contributed by atoms with Gasteiger partial charge >= 0.3 is 0 Å². The number of hydrogen-bond acceptors (Lipinski definition) is 3. The minimum Gasteiger partial charge on any atom is -0.372 e. The van der Waals surface area contributed by atoms with Gasteiger partial charge in [-0.25, -0.2) is 0 Å². The van der Waals surface area contributed by atoms with Crippen molar-refractivity contribution in [3.63, 3.8) is 0 Å². The third kappa shape index (κ3) is 2.84. The first-order chi connectivity index (χ1) is 11.7. The van der Waals surface area contributed by atoms with Crippen LogP contribution in [0.5, 0.6) is 0 Å². The molecule has 4 heteroatoms. The quantitative estimate of drug-likeness (QED) is 0.899. The van der Waals surface area contributed by atoms with E-state index in [0.717, 1.165) is 29.9 Å². The van der Waals surface area contributed by atoms with Crippen LogP contribution in [-0.4, -0.2) is 30.4 Å². The third-order valence-electron chi connectivity index (χ3n) is 4.70. The number of nitrogens with zero attached hydrogens (tertiary/aromatic N) is 2. The Kier molecular flexibility index (Phi) is 4.74. The van der Waals surface area contributed by atoms with E-state index in [1.807, 2.05) is 36.1 Å². The van der Waals surface area contributed by atoms with E-state index >= 15 is 0 Å². The van der Waals surface area contributed by atoms with Gasteiger partial charge in [-0.15, -0.1) is 0 Å². The SMILES string of the molecule is CCN(CC)c1ccc(C2Nc3ccccc3C(=O)N2CC)cc1. The molecule has 0 bridgehead atoms. The van der Waals surface area contributed by atoms with Crippen molar-refractivity contribution < 1.29 is 4.79 Å². The molecule has 0 aliphatic carbocycles. The normalized spacial score (nSPS) is 16.5. The van der Waals surface area contributed by atoms with Gasteiger partial charge in [-0.2, -0.15) is 0 Å². The molecule has 1 aliphatic rings. The van der Waals surface area contributed by atoms with E-state index in [1.54, 1.807) is 0 Å². The lowest BCUT2D eigenvalue weighted by molar-refractivity contribution is 0.0695. The number of anilines is 2. The Bertz CT molecular complexity index is 707. The highest BCUT2D eigenvalue weighted by molar-refractivity contribution is 6.01. The van der Waals surface area contributed by atoms with Crippen LogP contribution >= 0.6 is 0 Å². The predicted octanol–water partition coefficient (Wildman–Crippen LogP) is 4.12. The molecule has 1 N–H and O–H groups in total. The molecule has 1 aliphatic heterocycles. The molecule has 0 saturated heterocycles. The number of nitrogens with one attached hydrogen (secondary N) is 1. The van der Waals surface area contributed by atoms with Crippen LogP contribution in [-0.2, 0) is 0 Å². The molecule has 126 valence electrons. The van der Waals surface area contributed by atoms with E-state index < -0.39 is 0 Å². The Morgan fingerprint density at radius 2 is 1.67 bits per heavy atom. The zero-order valence-electron chi connectivity index (χ0n) is 14.6. The fourth-order valence-corrected chi connectivity index (χ4v) is 3.34. The fourth-order valence-electron chi connectivity index (χ4n) is 3.34. The molecule has 24 heavy (non-hydrogen) atoms. The molecule has 1 amide bonds. The van der Waals surface area contributed by atoms with Crippen molar-refractivity contribution in [3.8, 4) is 0 Å². The molecule has 0 aromatic heterocycles. The smallest absolute Gasteiger partial charge is 0.257 e. The highest BCUT2D eigenvalue weighted by atomic mass is 16.2. The number of para-hydroxylation sites is 1. The first-order valence-corrected chi connectivity index (χ1v) is 8.71. The van der Waals surface area contributed by atoms with Crippen LogP contribution in [0, 0.1) is 0 Å². The number of carbonyl (C=O) groups excluding carboxylic acids is 1. The lowest BCUT2D eigenvalue weighted by Crippen LogP contribution is -2.42. The molecular formula is C20H25N3O. The van der Waals surface area contributed by atoms with Crippen molar-refractivity contribution in [2.45, 2.75) is 26.9 Å². The lowest BCUT2D eigenvalue weighted by atomic mass is 10.0. The Labute approximate surface area is 144 Å². The maximum Gasteiger partial charge on any atom is 0.257 e. The minimum atomic E-state index is -0.122. The molecule has 1 heterocycles. The van der Waals surface area contributed by atoms with Crippen LogP contribution in [0.4, 0.5) is 11.4 Å². The molecule has 2 aromatic rings. The highest BCUT2D eigenvalue weighted by Gasteiger charge is 2.31. The summed E-state index contributed by atoms with van der Waals surface area (Å²) < 4.78 is 0. The van der Waals surface area contributed by atoms with E-state index in [1.165, 1.54) is 5.69 Å². The predicted molar refractivity (Wildman–Crippen MR) is 99.5 cm³/mol. The summed E-state index contributed by atoms with van der Waals surface area (Å²) in [5.74, 6) is 0.0877. The standard InChI is InChI=1S/C20H25N3O/c1-4-22(5-2)16-13-11-15(12-14-16)19-21-18-10-8-7-9-17(18)20(24)23(19)6-3/h7-14,19,21H,4-6H2,1-3H3. The molecule has 0 fully saturated rings. The van der Waals surface area contributed by atoms with E-state index in [2.05, 4.69) is 48.3 Å². The van der Waals surface area contributed by atoms with Gasteiger partial charge in [0.25, 0.3) is 5.91 Å². The summed E-state index contributed by atoms with van der Waals surface area (Å²) in [6.45, 7) is 8.99. The van der Waals surface area contributed by atoms with Gasteiger partial charge in [0.1, 0.15) is 6.17 Å². The zero-order valence-corrected chi connectivity index (χ0v) is 14.6. The number of carbonyl (C=O) groups is 1. The molecule has 1 unspecified atom stereocenters. The molecule has 0 spiro atoms. The average Bonchev–Trinajstić information content (AvgIpc) is 2.63. The van der Waals surface area contributed by atoms with Gasteiger partial charge in [0.05, 0.1) is 5.56 Å². The summed E-state index contributed by atoms with van der Waals surface area (Å²) in [7, 11) is 0. The molecular weight excluding hydrogens is 298 g/mol. The minimum absolute atomic E-state index is 0.0877. The van der Waals surface area contributed by atoms with Crippen molar-refractivity contribution in [3.05, 3.63) is 59.7 Å². The van der Waals surface area contributed by atoms with Crippen molar-refractivity contribution in [2.24, 2.45) is 0 Å². The monoisotopic (exact) mass is 323 g/mol. The van der Waals surface area contributed by atoms with Crippen LogP contribution in [0.15, 0.2) is 48.5 Å². The van der Waals surface area contributed by atoms with Gasteiger partial charge in [0, 0.05) is 31.0 Å². The third-order valence-corrected chi connectivity index (χ3v) is 4.70. The first kappa shape index (κ1) is 16.4. The van der Waals surface area contributed by atoms with Gasteiger partial charge in [-0.3, -0.25) is 4.79 Å². The zero-order chi connectivity index (χ0) is 17.1. The van der Waals surface area contributed by atoms with Gasteiger partial charge in [0.15, 0.2) is 0 Å². The van der Waals surface area contributed by atoms with Crippen molar-refractivity contribution in [1.82, 2.24) is 4.90 Å². The number of rotatable bonds is 5. The molecule has 1 atom stereocenters. The van der Waals surface area contributed by atoms with Gasteiger partial charge in [0.2, 0.25) is 0 Å². The Morgan fingerprint density at radius 3 is 2.29 bits per heavy atom. The summed E-state index contributed by atoms with van der Waals surface area (Å²) in [5, 5.41) is 3.51. The molecule has 2 aromatic carbocycles. The fraction of sp³-hybridized carbons (Fsp3) is 0.350. The second-order valence-corrected chi connectivity index (χ2v) is 5.95. The van der Waals surface area contributed by atoms with Gasteiger partial charge < -0.3 is 15.1 Å². The van der Waals surface area contributed by atoms with E-state index in [9.17, 15) is 4.79 Å². The maximum absolute atomic E-state index is 12.8. The van der Waals surface area contributed by atoms with Crippen LogP contribution in [0.1, 0.15) is 42.9 Å². The van der Waals surface area contributed by atoms with Gasteiger partial charge in [-0.1, -0.05) is 24.3 Å². The van der Waals surface area contributed by atoms with Crippen LogP contribution in [0.2, 0.25) is 0 Å². The summed E-state index contributed by atoms with van der Waals surface area (Å²) in [5.41, 5.74) is 3.98. The number of amides is 1. The number of fused-ring (bicyclic) bond motifs is 1. The summed E-state index contributed by atoms with van der Waals surface area (Å²) in [6.07, 6.45) is -0.122. The van der Waals surface area contributed by atoms with Crippen LogP contribution in [0.25, 0.3) is 0 Å². The molecule has 3 rings (SSSR count). The summed E-state index contributed by atoms with van der Waals surface area (Å²) in [6, 6.07) is 16.2. The molecule has 4 nitrogen and oxygen atoms in total. The Hall–Kier alpha value is -2.49. The van der Waals surface area contributed by atoms with Crippen molar-refractivity contribution in [2.75, 3.05) is 29.9 Å². The Balaban J connectivity index is 1.92. The Morgan fingerprint density at radius 1 is 1.00 bits per heavy atom. The average molecular weight is 323 g/mol. The molecule has 0 radical (unpaired) electrons. The largest absolute Gasteiger partial charge is 0.372 e. The lowest BCUT2D eigenvalue weighted by Gasteiger charge is -2.37. The van der Waals surface area contributed by atoms with E-state index in [0.29, 0.717) is 6.54 Å². The van der Waals surface area contributed by atoms with E-state index in [4.69, 9.17) is 0 Å². The summed E-state index contributed by atoms with van der Waals surface area (Å²) >= 11 is 0. The van der Waals surface area contributed by atoms with Crippen LogP contribution in [0.3, 0.4) is 0 Å². The van der Waals surface area contributed by atoms with Crippen LogP contribution < -0.4 is 10.2 Å². The molecule has 0 saturated carbocycles. The summed E-state index contributed by atoms with van der Waals surface area (Å²) in [4.78, 5) is 17.0.